The Morgan fingerprint density at radius 1 is 1.29 bits per heavy atom. The van der Waals surface area contributed by atoms with E-state index >= 15 is 0 Å². The van der Waals surface area contributed by atoms with Gasteiger partial charge in [0.05, 0.1) is 4.08 Å². The van der Waals surface area contributed by atoms with Gasteiger partial charge >= 0.3 is 0 Å². The van der Waals surface area contributed by atoms with E-state index in [2.05, 4.69) is 13.8 Å². The van der Waals surface area contributed by atoms with Gasteiger partial charge in [-0.05, 0) is 19.8 Å². The molecule has 0 aromatic carbocycles. The Kier molecular flexibility index (Phi) is 5.39. The first-order valence-corrected chi connectivity index (χ1v) is 7.43. The fourth-order valence-corrected chi connectivity index (χ4v) is 4.42. The number of Topliss-reactive ketones (excluding diaryl/α,β-unsaturated/α-hetero) is 1. The van der Waals surface area contributed by atoms with E-state index in [0.29, 0.717) is 9.86 Å². The van der Waals surface area contributed by atoms with Crippen LogP contribution in [0.1, 0.15) is 46.0 Å². The maximum absolute atomic E-state index is 11.5. The van der Waals surface area contributed by atoms with Gasteiger partial charge < -0.3 is 0 Å². The van der Waals surface area contributed by atoms with Crippen molar-refractivity contribution in [1.29, 1.82) is 0 Å². The fraction of sp³-hybridized carbons (Fsp3) is 0.909. The number of hydrogen-bond donors (Lipinski definition) is 0. The van der Waals surface area contributed by atoms with Crippen LogP contribution in [0.2, 0.25) is 0 Å². The van der Waals surface area contributed by atoms with Crippen molar-refractivity contribution in [2.45, 2.75) is 50.0 Å². The minimum atomic E-state index is 0.335. The molecule has 0 aromatic heterocycles. The standard InChI is InChI=1S/C11H20OS2/c1-3-4-5-10(12)6-7-11(2)13-8-9-14-11/h3-9H2,1-2H3. The summed E-state index contributed by atoms with van der Waals surface area (Å²) in [7, 11) is 0. The third-order valence-electron chi connectivity index (χ3n) is 2.57. The number of carbonyl (C=O) groups excluding carboxylic acids is 1. The monoisotopic (exact) mass is 232 g/mol. The summed E-state index contributed by atoms with van der Waals surface area (Å²) in [5.41, 5.74) is 0. The lowest BCUT2D eigenvalue weighted by molar-refractivity contribution is -0.119. The zero-order valence-electron chi connectivity index (χ0n) is 9.17. The first-order valence-electron chi connectivity index (χ1n) is 5.46. The van der Waals surface area contributed by atoms with Crippen molar-refractivity contribution in [3.05, 3.63) is 0 Å². The molecule has 0 radical (unpaired) electrons. The summed E-state index contributed by atoms with van der Waals surface area (Å²) in [4.78, 5) is 11.5. The molecule has 3 heteroatoms. The van der Waals surface area contributed by atoms with Crippen LogP contribution in [0, 0.1) is 0 Å². The van der Waals surface area contributed by atoms with Gasteiger partial charge in [-0.15, -0.1) is 23.5 Å². The van der Waals surface area contributed by atoms with E-state index in [-0.39, 0.29) is 0 Å². The average Bonchev–Trinajstić information content (AvgIpc) is 2.60. The van der Waals surface area contributed by atoms with Crippen LogP contribution in [-0.2, 0) is 4.79 Å². The minimum absolute atomic E-state index is 0.335. The second-order valence-electron chi connectivity index (χ2n) is 3.97. The third-order valence-corrected chi connectivity index (χ3v) is 5.98. The van der Waals surface area contributed by atoms with E-state index in [0.717, 1.165) is 32.1 Å². The summed E-state index contributed by atoms with van der Waals surface area (Å²) in [6, 6.07) is 0. The Hall–Kier alpha value is 0.370. The molecule has 0 saturated carbocycles. The van der Waals surface area contributed by atoms with Crippen LogP contribution in [-0.4, -0.2) is 21.4 Å². The summed E-state index contributed by atoms with van der Waals surface area (Å²) in [5.74, 6) is 2.97. The van der Waals surface area contributed by atoms with Crippen LogP contribution in [0.15, 0.2) is 0 Å². The molecule has 82 valence electrons. The molecule has 1 rings (SSSR count). The number of carbonyl (C=O) groups is 1. The predicted molar refractivity (Wildman–Crippen MR) is 67.1 cm³/mol. The molecule has 0 atom stereocenters. The van der Waals surface area contributed by atoms with Crippen molar-refractivity contribution in [1.82, 2.24) is 0 Å². The number of hydrogen-bond acceptors (Lipinski definition) is 3. The third kappa shape index (κ3) is 4.26. The quantitative estimate of drug-likeness (QED) is 0.695. The minimum Gasteiger partial charge on any atom is -0.300 e. The molecule has 1 heterocycles. The molecular formula is C11H20OS2. The highest BCUT2D eigenvalue weighted by molar-refractivity contribution is 8.21. The fourth-order valence-electron chi connectivity index (χ4n) is 1.57. The summed E-state index contributed by atoms with van der Waals surface area (Å²) in [6.07, 6.45) is 4.84. The van der Waals surface area contributed by atoms with Gasteiger partial charge in [-0.25, -0.2) is 0 Å². The maximum Gasteiger partial charge on any atom is 0.132 e. The molecule has 1 nitrogen and oxygen atoms in total. The summed E-state index contributed by atoms with van der Waals surface area (Å²) < 4.78 is 0.335. The number of unbranched alkanes of at least 4 members (excludes halogenated alkanes) is 1. The van der Waals surface area contributed by atoms with Crippen molar-refractivity contribution in [2.75, 3.05) is 11.5 Å². The average molecular weight is 232 g/mol. The Labute approximate surface area is 95.8 Å². The topological polar surface area (TPSA) is 17.1 Å². The van der Waals surface area contributed by atoms with Crippen molar-refractivity contribution in [2.24, 2.45) is 0 Å². The normalized spacial score (nSPS) is 19.9. The summed E-state index contributed by atoms with van der Waals surface area (Å²) in [5, 5.41) is 0. The van der Waals surface area contributed by atoms with Gasteiger partial charge in [0.2, 0.25) is 0 Å². The van der Waals surface area contributed by atoms with E-state index in [9.17, 15) is 4.79 Å². The smallest absolute Gasteiger partial charge is 0.132 e. The van der Waals surface area contributed by atoms with Gasteiger partial charge in [0, 0.05) is 24.3 Å². The highest BCUT2D eigenvalue weighted by Crippen LogP contribution is 2.46. The zero-order valence-corrected chi connectivity index (χ0v) is 10.8. The second-order valence-corrected chi connectivity index (χ2v) is 7.43. The van der Waals surface area contributed by atoms with Gasteiger partial charge in [0.15, 0.2) is 0 Å². The molecule has 1 saturated heterocycles. The summed E-state index contributed by atoms with van der Waals surface area (Å²) in [6.45, 7) is 4.42. The van der Waals surface area contributed by atoms with Gasteiger partial charge in [-0.2, -0.15) is 0 Å². The van der Waals surface area contributed by atoms with Gasteiger partial charge in [-0.3, -0.25) is 4.79 Å². The molecule has 0 N–H and O–H groups in total. The highest BCUT2D eigenvalue weighted by Gasteiger charge is 2.30. The predicted octanol–water partition coefficient (Wildman–Crippen LogP) is 3.72. The Balaban J connectivity index is 2.15. The Morgan fingerprint density at radius 2 is 1.93 bits per heavy atom. The second kappa shape index (κ2) is 6.06. The molecule has 1 fully saturated rings. The number of thioether (sulfide) groups is 2. The highest BCUT2D eigenvalue weighted by atomic mass is 32.2. The molecule has 0 spiro atoms. The summed E-state index contributed by atoms with van der Waals surface area (Å²) >= 11 is 4.04. The van der Waals surface area contributed by atoms with Crippen molar-refractivity contribution < 1.29 is 4.79 Å². The lowest BCUT2D eigenvalue weighted by Crippen LogP contribution is -2.13. The SMILES string of the molecule is CCCCC(=O)CCC1(C)SCCS1. The van der Waals surface area contributed by atoms with Crippen molar-refractivity contribution in [3.8, 4) is 0 Å². The first kappa shape index (κ1) is 12.4. The van der Waals surface area contributed by atoms with E-state index in [4.69, 9.17) is 0 Å². The van der Waals surface area contributed by atoms with Crippen molar-refractivity contribution >= 4 is 29.3 Å². The zero-order chi connectivity index (χ0) is 10.4. The molecule has 14 heavy (non-hydrogen) atoms. The Morgan fingerprint density at radius 3 is 2.50 bits per heavy atom. The van der Waals surface area contributed by atoms with Gasteiger partial charge in [0.25, 0.3) is 0 Å². The number of rotatable bonds is 6. The number of ketones is 1. The maximum atomic E-state index is 11.5. The molecule has 1 aliphatic rings. The van der Waals surface area contributed by atoms with E-state index in [1.165, 1.54) is 11.5 Å². The van der Waals surface area contributed by atoms with E-state index in [1.807, 2.05) is 23.5 Å². The van der Waals surface area contributed by atoms with E-state index < -0.39 is 0 Å². The van der Waals surface area contributed by atoms with E-state index in [1.54, 1.807) is 0 Å². The molecule has 0 aliphatic carbocycles. The lowest BCUT2D eigenvalue weighted by Gasteiger charge is -2.20. The van der Waals surface area contributed by atoms with Crippen LogP contribution in [0.4, 0.5) is 0 Å². The largest absolute Gasteiger partial charge is 0.300 e. The Bertz CT molecular complexity index is 186. The molecule has 0 amide bonds. The molecule has 0 bridgehead atoms. The molecule has 0 unspecified atom stereocenters. The molecule has 1 aliphatic heterocycles. The first-order chi connectivity index (χ1) is 6.66. The van der Waals surface area contributed by atoms with Crippen LogP contribution >= 0.6 is 23.5 Å². The van der Waals surface area contributed by atoms with Crippen LogP contribution in [0.3, 0.4) is 0 Å². The lowest BCUT2D eigenvalue weighted by atomic mass is 10.1. The van der Waals surface area contributed by atoms with Crippen LogP contribution < -0.4 is 0 Å². The van der Waals surface area contributed by atoms with Gasteiger partial charge in [0.1, 0.15) is 5.78 Å². The molecular weight excluding hydrogens is 212 g/mol. The molecule has 0 aromatic rings. The van der Waals surface area contributed by atoms with Crippen LogP contribution in [0.25, 0.3) is 0 Å². The van der Waals surface area contributed by atoms with Crippen LogP contribution in [0.5, 0.6) is 0 Å². The van der Waals surface area contributed by atoms with Crippen molar-refractivity contribution in [3.63, 3.8) is 0 Å². The van der Waals surface area contributed by atoms with Gasteiger partial charge in [-0.1, -0.05) is 13.3 Å².